The molecule has 0 aromatic rings. The van der Waals surface area contributed by atoms with Crippen LogP contribution in [0.15, 0.2) is 12.7 Å². The third kappa shape index (κ3) is 6.32. The molecule has 0 radical (unpaired) electrons. The first kappa shape index (κ1) is 23.1. The maximum Gasteiger partial charge on any atom is 0.325 e. The minimum atomic E-state index is -0.939. The van der Waals surface area contributed by atoms with Crippen LogP contribution in [0.3, 0.4) is 0 Å². The first-order valence-electron chi connectivity index (χ1n) is 9.64. The summed E-state index contributed by atoms with van der Waals surface area (Å²) in [7, 11) is 0. The van der Waals surface area contributed by atoms with E-state index in [1.807, 2.05) is 20.8 Å². The van der Waals surface area contributed by atoms with Crippen molar-refractivity contribution >= 4 is 17.8 Å². The van der Waals surface area contributed by atoms with Crippen LogP contribution in [0.2, 0.25) is 0 Å². The molecule has 4 amide bonds. The van der Waals surface area contributed by atoms with E-state index in [1.54, 1.807) is 13.0 Å². The summed E-state index contributed by atoms with van der Waals surface area (Å²) in [5.74, 6) is -0.672. The molecule has 154 valence electrons. The summed E-state index contributed by atoms with van der Waals surface area (Å²) >= 11 is 0. The molecular formula is C19H34N4O4. The minimum absolute atomic E-state index is 0.177. The first-order valence-corrected chi connectivity index (χ1v) is 9.64. The Kier molecular flexibility index (Phi) is 9.45. The summed E-state index contributed by atoms with van der Waals surface area (Å²) in [6.45, 7) is 12.4. The third-order valence-corrected chi connectivity index (χ3v) is 4.41. The van der Waals surface area contributed by atoms with E-state index in [0.29, 0.717) is 26.1 Å². The van der Waals surface area contributed by atoms with Crippen LogP contribution in [0, 0.1) is 5.92 Å². The van der Waals surface area contributed by atoms with Gasteiger partial charge in [0.2, 0.25) is 0 Å². The standard InChI is InChI=1S/C19H34N4O4/c1-6-8-10-22(18(25)14(5)27-11-9-7-2)15-16(20)23(12-13(3)4)19(26)21-17(15)24/h7,13-16H,2,6,8-12,20H2,1,3-5H3,(H,21,24,26). The molecule has 1 aliphatic rings. The van der Waals surface area contributed by atoms with Crippen LogP contribution in [0.1, 0.15) is 47.0 Å². The van der Waals surface area contributed by atoms with Crippen LogP contribution in [-0.2, 0) is 14.3 Å². The van der Waals surface area contributed by atoms with E-state index >= 15 is 0 Å². The van der Waals surface area contributed by atoms with Gasteiger partial charge in [0.25, 0.3) is 11.8 Å². The van der Waals surface area contributed by atoms with Crippen LogP contribution in [-0.4, -0.2) is 65.7 Å². The fourth-order valence-electron chi connectivity index (χ4n) is 2.98. The number of nitrogens with zero attached hydrogens (tertiary/aromatic N) is 2. The monoisotopic (exact) mass is 382 g/mol. The molecule has 1 heterocycles. The van der Waals surface area contributed by atoms with Gasteiger partial charge < -0.3 is 20.3 Å². The van der Waals surface area contributed by atoms with Crippen molar-refractivity contribution in [2.24, 2.45) is 11.7 Å². The fourth-order valence-corrected chi connectivity index (χ4v) is 2.98. The second-order valence-electron chi connectivity index (χ2n) is 7.25. The lowest BCUT2D eigenvalue weighted by atomic mass is 10.1. The number of urea groups is 1. The molecule has 8 nitrogen and oxygen atoms in total. The Morgan fingerprint density at radius 3 is 2.63 bits per heavy atom. The second kappa shape index (κ2) is 11.0. The molecule has 27 heavy (non-hydrogen) atoms. The van der Waals surface area contributed by atoms with Gasteiger partial charge >= 0.3 is 6.03 Å². The Morgan fingerprint density at radius 2 is 2.07 bits per heavy atom. The van der Waals surface area contributed by atoms with Crippen molar-refractivity contribution in [3.8, 4) is 0 Å². The van der Waals surface area contributed by atoms with Crippen molar-refractivity contribution in [2.45, 2.75) is 65.3 Å². The molecule has 0 aliphatic carbocycles. The van der Waals surface area contributed by atoms with Gasteiger partial charge in [0.05, 0.1) is 6.61 Å². The molecule has 0 spiro atoms. The normalized spacial score (nSPS) is 21.2. The van der Waals surface area contributed by atoms with Crippen molar-refractivity contribution in [1.29, 1.82) is 0 Å². The quantitative estimate of drug-likeness (QED) is 0.416. The molecule has 0 saturated carbocycles. The van der Waals surface area contributed by atoms with E-state index in [2.05, 4.69) is 11.9 Å². The zero-order valence-corrected chi connectivity index (χ0v) is 16.9. The molecule has 1 fully saturated rings. The molecule has 0 aromatic carbocycles. The van der Waals surface area contributed by atoms with E-state index in [9.17, 15) is 14.4 Å². The number of unbranched alkanes of at least 4 members (excludes halogenated alkanes) is 1. The smallest absolute Gasteiger partial charge is 0.325 e. The number of hydrogen-bond donors (Lipinski definition) is 2. The number of ether oxygens (including phenoxy) is 1. The Balaban J connectivity index is 3.04. The molecule has 1 rings (SSSR count). The molecule has 3 atom stereocenters. The molecule has 0 bridgehead atoms. The third-order valence-electron chi connectivity index (χ3n) is 4.41. The van der Waals surface area contributed by atoms with Gasteiger partial charge in [-0.25, -0.2) is 4.79 Å². The molecule has 3 N–H and O–H groups in total. The number of carbonyl (C=O) groups excluding carboxylic acids is 3. The molecular weight excluding hydrogens is 348 g/mol. The largest absolute Gasteiger partial charge is 0.368 e. The van der Waals surface area contributed by atoms with Crippen LogP contribution < -0.4 is 11.1 Å². The van der Waals surface area contributed by atoms with Crippen molar-refractivity contribution in [1.82, 2.24) is 15.1 Å². The number of carbonyl (C=O) groups is 3. The predicted octanol–water partition coefficient (Wildman–Crippen LogP) is 1.46. The Hall–Kier alpha value is -1.93. The maximum absolute atomic E-state index is 13.0. The van der Waals surface area contributed by atoms with Crippen LogP contribution >= 0.6 is 0 Å². The summed E-state index contributed by atoms with van der Waals surface area (Å²) < 4.78 is 5.56. The average molecular weight is 383 g/mol. The highest BCUT2D eigenvalue weighted by atomic mass is 16.5. The van der Waals surface area contributed by atoms with Gasteiger partial charge in [0, 0.05) is 13.1 Å². The first-order chi connectivity index (χ1) is 12.7. The van der Waals surface area contributed by atoms with Crippen LogP contribution in [0.5, 0.6) is 0 Å². The van der Waals surface area contributed by atoms with E-state index in [4.69, 9.17) is 10.5 Å². The predicted molar refractivity (Wildman–Crippen MR) is 104 cm³/mol. The lowest BCUT2D eigenvalue weighted by molar-refractivity contribution is -0.152. The average Bonchev–Trinajstić information content (AvgIpc) is 2.60. The number of nitrogens with two attached hydrogens (primary N) is 1. The van der Waals surface area contributed by atoms with E-state index in [1.165, 1.54) is 9.80 Å². The number of amides is 4. The molecule has 0 aromatic heterocycles. The highest BCUT2D eigenvalue weighted by molar-refractivity contribution is 6.02. The lowest BCUT2D eigenvalue weighted by Crippen LogP contribution is -2.72. The lowest BCUT2D eigenvalue weighted by Gasteiger charge is -2.44. The van der Waals surface area contributed by atoms with Crippen molar-refractivity contribution < 1.29 is 19.1 Å². The Bertz CT molecular complexity index is 538. The van der Waals surface area contributed by atoms with Crippen molar-refractivity contribution in [3.63, 3.8) is 0 Å². The molecule has 8 heteroatoms. The van der Waals surface area contributed by atoms with Crippen molar-refractivity contribution in [3.05, 3.63) is 12.7 Å². The van der Waals surface area contributed by atoms with Gasteiger partial charge in [-0.05, 0) is 25.7 Å². The van der Waals surface area contributed by atoms with Crippen LogP contribution in [0.25, 0.3) is 0 Å². The SMILES string of the molecule is C=CCCOC(C)C(=O)N(CCCC)C1C(=O)NC(=O)N(CC(C)C)C1N. The minimum Gasteiger partial charge on any atom is -0.368 e. The van der Waals surface area contributed by atoms with E-state index < -0.39 is 30.2 Å². The zero-order chi connectivity index (χ0) is 20.6. The Morgan fingerprint density at radius 1 is 1.41 bits per heavy atom. The molecule has 3 unspecified atom stereocenters. The number of rotatable bonds is 11. The highest BCUT2D eigenvalue weighted by Crippen LogP contribution is 2.18. The van der Waals surface area contributed by atoms with Gasteiger partial charge in [0.15, 0.2) is 0 Å². The van der Waals surface area contributed by atoms with Crippen LogP contribution in [0.4, 0.5) is 4.79 Å². The second-order valence-corrected chi connectivity index (χ2v) is 7.25. The van der Waals surface area contributed by atoms with Gasteiger partial charge in [-0.1, -0.05) is 33.3 Å². The summed E-state index contributed by atoms with van der Waals surface area (Å²) in [5.41, 5.74) is 6.28. The van der Waals surface area contributed by atoms with E-state index in [0.717, 1.165) is 12.8 Å². The van der Waals surface area contributed by atoms with Gasteiger partial charge in [-0.3, -0.25) is 14.9 Å². The van der Waals surface area contributed by atoms with Gasteiger partial charge in [-0.15, -0.1) is 6.58 Å². The summed E-state index contributed by atoms with van der Waals surface area (Å²) in [6.07, 6.45) is 2.32. The number of imide groups is 1. The van der Waals surface area contributed by atoms with Gasteiger partial charge in [0.1, 0.15) is 18.3 Å². The Labute approximate surface area is 162 Å². The maximum atomic E-state index is 13.0. The summed E-state index contributed by atoms with van der Waals surface area (Å²) in [5, 5.41) is 2.34. The topological polar surface area (TPSA) is 105 Å². The fraction of sp³-hybridized carbons (Fsp3) is 0.737. The van der Waals surface area contributed by atoms with E-state index in [-0.39, 0.29) is 11.8 Å². The number of hydrogen-bond acceptors (Lipinski definition) is 5. The number of nitrogens with one attached hydrogen (secondary N) is 1. The zero-order valence-electron chi connectivity index (χ0n) is 16.9. The molecule has 1 aliphatic heterocycles. The van der Waals surface area contributed by atoms with Crippen molar-refractivity contribution in [2.75, 3.05) is 19.7 Å². The summed E-state index contributed by atoms with van der Waals surface area (Å²) in [4.78, 5) is 40.6. The summed E-state index contributed by atoms with van der Waals surface area (Å²) in [6, 6.07) is -1.46. The highest BCUT2D eigenvalue weighted by Gasteiger charge is 2.45. The molecule has 1 saturated heterocycles. The van der Waals surface area contributed by atoms with Gasteiger partial charge in [-0.2, -0.15) is 0 Å².